The third kappa shape index (κ3) is 1.62. The van der Waals surface area contributed by atoms with Gasteiger partial charge in [-0.05, 0) is 29.9 Å². The van der Waals surface area contributed by atoms with E-state index in [4.69, 9.17) is 0 Å². The lowest BCUT2D eigenvalue weighted by molar-refractivity contribution is -0.147. The van der Waals surface area contributed by atoms with Crippen molar-refractivity contribution in [3.63, 3.8) is 0 Å². The van der Waals surface area contributed by atoms with Crippen LogP contribution in [0, 0.1) is 0 Å². The fourth-order valence-corrected chi connectivity index (χ4v) is 2.35. The Balaban J connectivity index is 2.39. The van der Waals surface area contributed by atoms with Crippen molar-refractivity contribution in [2.75, 3.05) is 0 Å². The van der Waals surface area contributed by atoms with Gasteiger partial charge >= 0.3 is 5.97 Å². The van der Waals surface area contributed by atoms with Crippen molar-refractivity contribution in [1.29, 1.82) is 0 Å². The zero-order chi connectivity index (χ0) is 11.8. The Hall–Kier alpha value is -1.31. The topological polar surface area (TPSA) is 37.3 Å². The van der Waals surface area contributed by atoms with Gasteiger partial charge in [0.25, 0.3) is 0 Å². The van der Waals surface area contributed by atoms with Crippen molar-refractivity contribution in [2.45, 2.75) is 44.4 Å². The van der Waals surface area contributed by atoms with E-state index < -0.39 is 11.4 Å². The Morgan fingerprint density at radius 3 is 2.50 bits per heavy atom. The van der Waals surface area contributed by atoms with Gasteiger partial charge in [0.05, 0.1) is 5.41 Å². The molecule has 2 nitrogen and oxygen atoms in total. The Bertz CT molecular complexity index is 403. The number of carbonyl (C=O) groups is 1. The van der Waals surface area contributed by atoms with Crippen LogP contribution in [0.4, 0.5) is 0 Å². The molecule has 0 radical (unpaired) electrons. The minimum absolute atomic E-state index is 0.450. The predicted octanol–water partition coefficient (Wildman–Crippen LogP) is 3.32. The lowest BCUT2D eigenvalue weighted by Crippen LogP contribution is -2.42. The second-order valence-electron chi connectivity index (χ2n) is 5.02. The molecule has 1 aromatic carbocycles. The molecule has 86 valence electrons. The van der Waals surface area contributed by atoms with Crippen molar-refractivity contribution in [3.8, 4) is 0 Å². The van der Waals surface area contributed by atoms with Gasteiger partial charge in [0.15, 0.2) is 0 Å². The van der Waals surface area contributed by atoms with Gasteiger partial charge in [0.2, 0.25) is 0 Å². The van der Waals surface area contributed by atoms with Crippen molar-refractivity contribution >= 4 is 5.97 Å². The van der Waals surface area contributed by atoms with Crippen molar-refractivity contribution in [2.24, 2.45) is 0 Å². The average Bonchev–Trinajstić information content (AvgIpc) is 2.15. The molecule has 0 unspecified atom stereocenters. The average molecular weight is 218 g/mol. The van der Waals surface area contributed by atoms with Crippen molar-refractivity contribution in [3.05, 3.63) is 35.4 Å². The highest BCUT2D eigenvalue weighted by Crippen LogP contribution is 2.44. The molecule has 0 saturated heterocycles. The van der Waals surface area contributed by atoms with E-state index in [1.54, 1.807) is 0 Å². The maximum absolute atomic E-state index is 11.4. The van der Waals surface area contributed by atoms with Crippen LogP contribution in [-0.4, -0.2) is 11.1 Å². The summed E-state index contributed by atoms with van der Waals surface area (Å²) in [5.41, 5.74) is 1.62. The summed E-state index contributed by atoms with van der Waals surface area (Å²) in [5.74, 6) is -0.217. The molecule has 2 rings (SSSR count). The largest absolute Gasteiger partial charge is 0.481 e. The summed E-state index contributed by atoms with van der Waals surface area (Å²) in [6.07, 6.45) is 2.59. The number of hydrogen-bond acceptors (Lipinski definition) is 1. The monoisotopic (exact) mass is 218 g/mol. The number of carboxylic acids is 1. The molecule has 1 N–H and O–H groups in total. The van der Waals surface area contributed by atoms with E-state index in [0.29, 0.717) is 5.92 Å². The first kappa shape index (κ1) is 11.2. The van der Waals surface area contributed by atoms with Crippen molar-refractivity contribution in [1.82, 2.24) is 0 Å². The Kier molecular flexibility index (Phi) is 2.75. The smallest absolute Gasteiger partial charge is 0.314 e. The predicted molar refractivity (Wildman–Crippen MR) is 63.7 cm³/mol. The van der Waals surface area contributed by atoms with Crippen molar-refractivity contribution < 1.29 is 9.90 Å². The molecule has 1 aromatic rings. The second kappa shape index (κ2) is 3.93. The van der Waals surface area contributed by atoms with Crippen LogP contribution in [0.2, 0.25) is 0 Å². The lowest BCUT2D eigenvalue weighted by Gasteiger charge is -2.38. The summed E-state index contributed by atoms with van der Waals surface area (Å²) >= 11 is 0. The first-order valence-corrected chi connectivity index (χ1v) is 5.90. The lowest BCUT2D eigenvalue weighted by atomic mass is 9.64. The van der Waals surface area contributed by atoms with Gasteiger partial charge in [-0.15, -0.1) is 0 Å². The van der Waals surface area contributed by atoms with Crippen LogP contribution in [0.15, 0.2) is 24.3 Å². The molecule has 1 aliphatic rings. The number of hydrogen-bond donors (Lipinski definition) is 1. The van der Waals surface area contributed by atoms with Gasteiger partial charge in [0.1, 0.15) is 0 Å². The third-order valence-electron chi connectivity index (χ3n) is 3.72. The van der Waals surface area contributed by atoms with Crippen LogP contribution in [0.5, 0.6) is 0 Å². The van der Waals surface area contributed by atoms with E-state index in [2.05, 4.69) is 26.0 Å². The van der Waals surface area contributed by atoms with Gasteiger partial charge < -0.3 is 5.11 Å². The summed E-state index contributed by atoms with van der Waals surface area (Å²) < 4.78 is 0. The van der Waals surface area contributed by atoms with Gasteiger partial charge in [-0.1, -0.05) is 44.5 Å². The normalized spacial score (nSPS) is 18.2. The Morgan fingerprint density at radius 1 is 1.38 bits per heavy atom. The van der Waals surface area contributed by atoms with Crippen LogP contribution < -0.4 is 0 Å². The molecule has 0 spiro atoms. The molecule has 0 heterocycles. The minimum atomic E-state index is -0.667. The zero-order valence-electron chi connectivity index (χ0n) is 9.86. The SMILES string of the molecule is CC(C)c1cccc(C2(C(=O)O)CCC2)c1. The number of benzene rings is 1. The molecule has 1 saturated carbocycles. The van der Waals surface area contributed by atoms with Gasteiger partial charge in [-0.3, -0.25) is 4.79 Å². The summed E-state index contributed by atoms with van der Waals surface area (Å²) in [6.45, 7) is 4.26. The standard InChI is InChI=1S/C14H18O2/c1-10(2)11-5-3-6-12(9-11)14(13(15)16)7-4-8-14/h3,5-6,9-10H,4,7-8H2,1-2H3,(H,15,16). The van der Waals surface area contributed by atoms with E-state index in [-0.39, 0.29) is 0 Å². The van der Waals surface area contributed by atoms with E-state index in [1.807, 2.05) is 12.1 Å². The number of rotatable bonds is 3. The first-order valence-electron chi connectivity index (χ1n) is 5.90. The fourth-order valence-electron chi connectivity index (χ4n) is 2.35. The van der Waals surface area contributed by atoms with E-state index >= 15 is 0 Å². The van der Waals surface area contributed by atoms with Gasteiger partial charge in [-0.2, -0.15) is 0 Å². The van der Waals surface area contributed by atoms with E-state index in [9.17, 15) is 9.90 Å². The van der Waals surface area contributed by atoms with Crippen LogP contribution >= 0.6 is 0 Å². The van der Waals surface area contributed by atoms with Crippen LogP contribution in [0.1, 0.15) is 50.2 Å². The quantitative estimate of drug-likeness (QED) is 0.845. The van der Waals surface area contributed by atoms with Crippen LogP contribution in [0.25, 0.3) is 0 Å². The maximum Gasteiger partial charge on any atom is 0.314 e. The van der Waals surface area contributed by atoms with Gasteiger partial charge in [-0.25, -0.2) is 0 Å². The summed E-state index contributed by atoms with van der Waals surface area (Å²) in [6, 6.07) is 8.08. The third-order valence-corrected chi connectivity index (χ3v) is 3.72. The molecule has 1 fully saturated rings. The highest BCUT2D eigenvalue weighted by Gasteiger charge is 2.45. The summed E-state index contributed by atoms with van der Waals surface area (Å²) in [5, 5.41) is 9.37. The maximum atomic E-state index is 11.4. The fraction of sp³-hybridized carbons (Fsp3) is 0.500. The van der Waals surface area contributed by atoms with Crippen LogP contribution in [-0.2, 0) is 10.2 Å². The molecule has 0 atom stereocenters. The molecular weight excluding hydrogens is 200 g/mol. The zero-order valence-corrected chi connectivity index (χ0v) is 9.86. The molecule has 16 heavy (non-hydrogen) atoms. The minimum Gasteiger partial charge on any atom is -0.481 e. The van der Waals surface area contributed by atoms with E-state index in [1.165, 1.54) is 5.56 Å². The molecule has 0 amide bonds. The molecule has 0 bridgehead atoms. The molecular formula is C14H18O2. The highest BCUT2D eigenvalue weighted by molar-refractivity contribution is 5.82. The number of carboxylic acid groups (broad SMARTS) is 1. The molecule has 2 heteroatoms. The number of aliphatic carboxylic acids is 1. The Morgan fingerprint density at radius 2 is 2.06 bits per heavy atom. The second-order valence-corrected chi connectivity index (χ2v) is 5.02. The summed E-state index contributed by atoms with van der Waals surface area (Å²) in [7, 11) is 0. The summed E-state index contributed by atoms with van der Waals surface area (Å²) in [4.78, 5) is 11.4. The van der Waals surface area contributed by atoms with E-state index in [0.717, 1.165) is 24.8 Å². The first-order chi connectivity index (χ1) is 7.56. The Labute approximate surface area is 96.3 Å². The van der Waals surface area contributed by atoms with Crippen LogP contribution in [0.3, 0.4) is 0 Å². The molecule has 0 aromatic heterocycles. The molecule has 1 aliphatic carbocycles. The van der Waals surface area contributed by atoms with Gasteiger partial charge in [0, 0.05) is 0 Å². The highest BCUT2D eigenvalue weighted by atomic mass is 16.4. The molecule has 0 aliphatic heterocycles.